The largest absolute Gasteiger partial charge is 0.586 e. The highest BCUT2D eigenvalue weighted by atomic mass is 19.3. The molecule has 2 aromatic carbocycles. The summed E-state index contributed by atoms with van der Waals surface area (Å²) in [4.78, 5) is 16.6. The SMILES string of the molecule is CC1(C)OC[C@@H](COCCC(C)(C)c2cc3cc(NC(=O)C4(c5ccc6c(c5)OC(F)(F)O6)CC4)c(F)cc3[nH]2)O1. The molecule has 0 radical (unpaired) electrons. The molecule has 1 saturated heterocycles. The van der Waals surface area contributed by atoms with Crippen molar-refractivity contribution in [2.45, 2.75) is 76.0 Å². The van der Waals surface area contributed by atoms with Crippen LogP contribution in [-0.2, 0) is 29.8 Å². The quantitative estimate of drug-likeness (QED) is 0.299. The van der Waals surface area contributed by atoms with Gasteiger partial charge in [-0.15, -0.1) is 8.78 Å². The number of aromatic nitrogens is 1. The molecule has 220 valence electrons. The van der Waals surface area contributed by atoms with Crippen LogP contribution in [-0.4, -0.2) is 48.9 Å². The van der Waals surface area contributed by atoms with E-state index in [4.69, 9.17) is 14.2 Å². The first-order chi connectivity index (χ1) is 19.3. The normalized spacial score (nSPS) is 21.8. The zero-order valence-corrected chi connectivity index (χ0v) is 23.4. The fourth-order valence-electron chi connectivity index (χ4n) is 5.40. The van der Waals surface area contributed by atoms with Gasteiger partial charge in [0, 0.05) is 34.7 Å². The maximum atomic E-state index is 15.1. The molecule has 41 heavy (non-hydrogen) atoms. The van der Waals surface area contributed by atoms with Crippen LogP contribution in [0.2, 0.25) is 0 Å². The van der Waals surface area contributed by atoms with E-state index in [1.165, 1.54) is 18.2 Å². The Balaban J connectivity index is 1.12. The van der Waals surface area contributed by atoms with E-state index < -0.39 is 29.2 Å². The first-order valence-electron chi connectivity index (χ1n) is 13.7. The monoisotopic (exact) mass is 574 g/mol. The molecule has 2 aliphatic heterocycles. The van der Waals surface area contributed by atoms with Gasteiger partial charge in [-0.3, -0.25) is 4.79 Å². The Hall–Kier alpha value is -3.28. The van der Waals surface area contributed by atoms with Crippen LogP contribution in [0.15, 0.2) is 36.4 Å². The minimum atomic E-state index is -3.74. The lowest BCUT2D eigenvalue weighted by molar-refractivity contribution is -0.286. The molecule has 1 aliphatic carbocycles. The lowest BCUT2D eigenvalue weighted by Crippen LogP contribution is -2.28. The van der Waals surface area contributed by atoms with Crippen LogP contribution in [0, 0.1) is 5.82 Å². The number of anilines is 1. The van der Waals surface area contributed by atoms with Gasteiger partial charge in [-0.25, -0.2) is 4.39 Å². The van der Waals surface area contributed by atoms with Crippen molar-refractivity contribution in [1.29, 1.82) is 0 Å². The molecule has 0 bridgehead atoms. The van der Waals surface area contributed by atoms with Gasteiger partial charge in [-0.2, -0.15) is 0 Å². The summed E-state index contributed by atoms with van der Waals surface area (Å²) < 4.78 is 68.2. The second kappa shape index (κ2) is 9.64. The number of hydrogen-bond acceptors (Lipinski definition) is 6. The fourth-order valence-corrected chi connectivity index (χ4v) is 5.40. The number of amides is 1. The summed E-state index contributed by atoms with van der Waals surface area (Å²) in [6, 6.07) is 9.23. The molecule has 11 heteroatoms. The molecule has 1 amide bonds. The van der Waals surface area contributed by atoms with Gasteiger partial charge >= 0.3 is 6.29 Å². The van der Waals surface area contributed by atoms with Crippen molar-refractivity contribution in [3.8, 4) is 11.5 Å². The summed E-state index contributed by atoms with van der Waals surface area (Å²) in [5, 5.41) is 3.47. The summed E-state index contributed by atoms with van der Waals surface area (Å²) in [5.74, 6) is -1.79. The fraction of sp³-hybridized carbons (Fsp3) is 0.500. The number of aromatic amines is 1. The lowest BCUT2D eigenvalue weighted by Gasteiger charge is -2.24. The van der Waals surface area contributed by atoms with Crippen LogP contribution in [0.4, 0.5) is 18.9 Å². The number of carbonyl (C=O) groups is 1. The number of benzene rings is 2. The minimum Gasteiger partial charge on any atom is -0.395 e. The summed E-state index contributed by atoms with van der Waals surface area (Å²) in [6.07, 6.45) is -2.12. The number of fused-ring (bicyclic) bond motifs is 2. The average Bonchev–Trinajstić information content (AvgIpc) is 3.33. The highest BCUT2D eigenvalue weighted by Gasteiger charge is 2.53. The highest BCUT2D eigenvalue weighted by Crippen LogP contribution is 2.52. The Bertz CT molecular complexity index is 1500. The predicted molar refractivity (Wildman–Crippen MR) is 144 cm³/mol. The third kappa shape index (κ3) is 5.50. The Morgan fingerprint density at radius 3 is 2.59 bits per heavy atom. The van der Waals surface area contributed by atoms with Gasteiger partial charge in [-0.05, 0) is 62.9 Å². The first-order valence-corrected chi connectivity index (χ1v) is 13.7. The molecule has 1 atom stereocenters. The molecular weight excluding hydrogens is 541 g/mol. The van der Waals surface area contributed by atoms with E-state index in [1.54, 1.807) is 12.1 Å². The molecule has 3 heterocycles. The third-order valence-electron chi connectivity index (χ3n) is 8.07. The second-order valence-corrected chi connectivity index (χ2v) is 12.1. The summed E-state index contributed by atoms with van der Waals surface area (Å²) >= 11 is 0. The number of nitrogens with one attached hydrogen (secondary N) is 2. The van der Waals surface area contributed by atoms with E-state index in [-0.39, 0.29) is 28.7 Å². The van der Waals surface area contributed by atoms with Gasteiger partial charge in [-0.1, -0.05) is 19.9 Å². The van der Waals surface area contributed by atoms with E-state index in [0.29, 0.717) is 50.2 Å². The van der Waals surface area contributed by atoms with Crippen LogP contribution >= 0.6 is 0 Å². The van der Waals surface area contributed by atoms with Crippen molar-refractivity contribution < 1.29 is 41.7 Å². The van der Waals surface area contributed by atoms with E-state index in [9.17, 15) is 13.6 Å². The third-order valence-corrected chi connectivity index (χ3v) is 8.07. The average molecular weight is 575 g/mol. The topological polar surface area (TPSA) is 91.0 Å². The number of ether oxygens (including phenoxy) is 5. The smallest absolute Gasteiger partial charge is 0.395 e. The number of halogens is 3. The summed E-state index contributed by atoms with van der Waals surface area (Å²) in [6.45, 7) is 9.37. The standard InChI is InChI=1S/C30H33F3N2O6/c1-27(2,9-10-37-15-19-16-38-28(3,4)39-19)25-12-17-11-22(20(31)14-21(17)34-25)35-26(36)29(7-8-29)18-5-6-23-24(13-18)41-30(32,33)40-23/h5-6,11-14,19,34H,7-10,15-16H2,1-4H3,(H,35,36)/t19-/m1/s1. The van der Waals surface area contributed by atoms with Crippen molar-refractivity contribution in [2.75, 3.05) is 25.1 Å². The molecule has 1 aromatic heterocycles. The molecule has 0 unspecified atom stereocenters. The van der Waals surface area contributed by atoms with Gasteiger partial charge in [0.1, 0.15) is 11.9 Å². The minimum absolute atomic E-state index is 0.0504. The van der Waals surface area contributed by atoms with Crippen molar-refractivity contribution in [3.05, 3.63) is 53.5 Å². The maximum Gasteiger partial charge on any atom is 0.586 e. The molecule has 6 rings (SSSR count). The Morgan fingerprint density at radius 1 is 1.12 bits per heavy atom. The van der Waals surface area contributed by atoms with Gasteiger partial charge < -0.3 is 34.0 Å². The molecule has 2 fully saturated rings. The van der Waals surface area contributed by atoms with Gasteiger partial charge in [0.25, 0.3) is 0 Å². The number of H-pyrrole nitrogens is 1. The molecule has 3 aromatic rings. The molecule has 2 N–H and O–H groups in total. The Kier molecular flexibility index (Phi) is 6.55. The van der Waals surface area contributed by atoms with Crippen LogP contribution in [0.3, 0.4) is 0 Å². The number of alkyl halides is 2. The van der Waals surface area contributed by atoms with E-state index in [2.05, 4.69) is 33.6 Å². The zero-order chi connectivity index (χ0) is 29.2. The highest BCUT2D eigenvalue weighted by molar-refractivity contribution is 6.02. The van der Waals surface area contributed by atoms with E-state index in [0.717, 1.165) is 11.1 Å². The van der Waals surface area contributed by atoms with Gasteiger partial charge in [0.05, 0.1) is 24.3 Å². The maximum absolute atomic E-state index is 15.1. The predicted octanol–water partition coefficient (Wildman–Crippen LogP) is 6.13. The summed E-state index contributed by atoms with van der Waals surface area (Å²) in [7, 11) is 0. The summed E-state index contributed by atoms with van der Waals surface area (Å²) in [5.41, 5.74) is 0.848. The van der Waals surface area contributed by atoms with Crippen molar-refractivity contribution in [2.24, 2.45) is 0 Å². The molecule has 0 spiro atoms. The number of rotatable bonds is 9. The Morgan fingerprint density at radius 2 is 1.88 bits per heavy atom. The zero-order valence-electron chi connectivity index (χ0n) is 23.4. The van der Waals surface area contributed by atoms with Gasteiger partial charge in [0.2, 0.25) is 5.91 Å². The number of carbonyl (C=O) groups excluding carboxylic acids is 1. The molecule has 3 aliphatic rings. The van der Waals surface area contributed by atoms with Crippen LogP contribution < -0.4 is 14.8 Å². The van der Waals surface area contributed by atoms with Gasteiger partial charge in [0.15, 0.2) is 17.3 Å². The van der Waals surface area contributed by atoms with Crippen molar-refractivity contribution in [1.82, 2.24) is 4.98 Å². The van der Waals surface area contributed by atoms with Crippen molar-refractivity contribution in [3.63, 3.8) is 0 Å². The van der Waals surface area contributed by atoms with Crippen LogP contribution in [0.1, 0.15) is 58.2 Å². The first kappa shape index (κ1) is 27.9. The van der Waals surface area contributed by atoms with Crippen LogP contribution in [0.5, 0.6) is 11.5 Å². The number of hydrogen-bond donors (Lipinski definition) is 2. The van der Waals surface area contributed by atoms with E-state index in [1.807, 2.05) is 19.9 Å². The molecule has 8 nitrogen and oxygen atoms in total. The van der Waals surface area contributed by atoms with E-state index >= 15 is 4.39 Å². The molecule has 1 saturated carbocycles. The van der Waals surface area contributed by atoms with Crippen LogP contribution in [0.25, 0.3) is 10.9 Å². The molecular formula is C30H33F3N2O6. The van der Waals surface area contributed by atoms with Crippen molar-refractivity contribution >= 4 is 22.5 Å². The Labute approximate surface area is 235 Å². The lowest BCUT2D eigenvalue weighted by atomic mass is 9.86. The second-order valence-electron chi connectivity index (χ2n) is 12.1.